The molecule has 1 unspecified atom stereocenters. The van der Waals surface area contributed by atoms with Gasteiger partial charge < -0.3 is 9.84 Å². The minimum atomic E-state index is -1.01. The molecule has 1 aliphatic heterocycles. The number of carboxylic acid groups (broad SMARTS) is 1. The van der Waals surface area contributed by atoms with Gasteiger partial charge in [0.25, 0.3) is 0 Å². The second-order valence-electron chi connectivity index (χ2n) is 4.89. The molecule has 0 saturated carbocycles. The Balaban J connectivity index is 1.90. The molecule has 1 aromatic heterocycles. The van der Waals surface area contributed by atoms with Crippen molar-refractivity contribution in [2.75, 3.05) is 11.5 Å². The van der Waals surface area contributed by atoms with Crippen LogP contribution < -0.4 is 4.74 Å². The lowest BCUT2D eigenvalue weighted by Crippen LogP contribution is -2.21. The number of para-hydroxylation sites is 1. The van der Waals surface area contributed by atoms with Crippen LogP contribution in [0.1, 0.15) is 29.4 Å². The maximum Gasteiger partial charge on any atom is 0.358 e. The molecule has 2 aromatic rings. The van der Waals surface area contributed by atoms with Crippen LogP contribution in [-0.2, 0) is 0 Å². The zero-order chi connectivity index (χ0) is 14.7. The van der Waals surface area contributed by atoms with E-state index in [-0.39, 0.29) is 11.7 Å². The van der Waals surface area contributed by atoms with Gasteiger partial charge in [0, 0.05) is 5.75 Å². The Bertz CT molecular complexity index is 621. The average molecular weight is 304 g/mol. The highest BCUT2D eigenvalue weighted by Gasteiger charge is 2.26. The molecule has 5 nitrogen and oxygen atoms in total. The highest BCUT2D eigenvalue weighted by atomic mass is 32.2. The van der Waals surface area contributed by atoms with Crippen molar-refractivity contribution in [2.24, 2.45) is 0 Å². The lowest BCUT2D eigenvalue weighted by molar-refractivity contribution is 0.0677. The molecule has 1 atom stereocenters. The number of carboxylic acids is 1. The first-order valence-electron chi connectivity index (χ1n) is 6.87. The minimum absolute atomic E-state index is 0.128. The number of thioether (sulfide) groups is 1. The van der Waals surface area contributed by atoms with Crippen molar-refractivity contribution in [1.29, 1.82) is 0 Å². The molecule has 0 spiro atoms. The van der Waals surface area contributed by atoms with Gasteiger partial charge in [0.1, 0.15) is 5.75 Å². The van der Waals surface area contributed by atoms with Gasteiger partial charge in [0.2, 0.25) is 0 Å². The molecule has 6 heteroatoms. The fourth-order valence-electron chi connectivity index (χ4n) is 2.43. The summed E-state index contributed by atoms with van der Waals surface area (Å²) in [5.41, 5.74) is 0.131. The van der Waals surface area contributed by atoms with E-state index < -0.39 is 5.97 Å². The molecular weight excluding hydrogens is 288 g/mol. The van der Waals surface area contributed by atoms with Crippen molar-refractivity contribution in [1.82, 2.24) is 9.78 Å². The van der Waals surface area contributed by atoms with E-state index in [9.17, 15) is 9.90 Å². The highest BCUT2D eigenvalue weighted by molar-refractivity contribution is 7.99. The number of ether oxygens (including phenoxy) is 1. The van der Waals surface area contributed by atoms with E-state index in [2.05, 4.69) is 5.10 Å². The molecule has 0 bridgehead atoms. The van der Waals surface area contributed by atoms with Gasteiger partial charge in [-0.1, -0.05) is 18.2 Å². The van der Waals surface area contributed by atoms with E-state index >= 15 is 0 Å². The van der Waals surface area contributed by atoms with E-state index in [1.54, 1.807) is 16.8 Å². The summed E-state index contributed by atoms with van der Waals surface area (Å²) < 4.78 is 7.28. The summed E-state index contributed by atoms with van der Waals surface area (Å²) in [6, 6.07) is 9.28. The lowest BCUT2D eigenvalue weighted by Gasteiger charge is -2.22. The van der Waals surface area contributed by atoms with Gasteiger partial charge in [-0.15, -0.1) is 0 Å². The van der Waals surface area contributed by atoms with Crippen LogP contribution in [-0.4, -0.2) is 32.4 Å². The van der Waals surface area contributed by atoms with Crippen LogP contribution in [0.4, 0.5) is 0 Å². The number of aromatic carboxylic acids is 1. The predicted molar refractivity (Wildman–Crippen MR) is 81.3 cm³/mol. The Morgan fingerprint density at radius 2 is 2.19 bits per heavy atom. The molecule has 0 aliphatic carbocycles. The number of rotatable bonds is 4. The van der Waals surface area contributed by atoms with E-state index in [1.165, 1.54) is 6.20 Å². The predicted octanol–water partition coefficient (Wildman–Crippen LogP) is 3.44. The first kappa shape index (κ1) is 14.0. The molecular formula is C15H16N2O3S. The van der Waals surface area contributed by atoms with Crippen LogP contribution in [0, 0.1) is 0 Å². The summed E-state index contributed by atoms with van der Waals surface area (Å²) in [6.07, 6.45) is 3.54. The number of hydrogen-bond acceptors (Lipinski definition) is 4. The summed E-state index contributed by atoms with van der Waals surface area (Å²) in [5.74, 6) is 1.93. The number of hydrogen-bond donors (Lipinski definition) is 1. The molecule has 1 N–H and O–H groups in total. The van der Waals surface area contributed by atoms with Crippen molar-refractivity contribution < 1.29 is 14.6 Å². The van der Waals surface area contributed by atoms with Gasteiger partial charge in [-0.3, -0.25) is 4.68 Å². The Morgan fingerprint density at radius 3 is 2.86 bits per heavy atom. The zero-order valence-corrected chi connectivity index (χ0v) is 12.3. The van der Waals surface area contributed by atoms with Crippen LogP contribution in [0.15, 0.2) is 36.5 Å². The van der Waals surface area contributed by atoms with Gasteiger partial charge in [0.05, 0.1) is 12.2 Å². The Hall–Kier alpha value is -1.95. The van der Waals surface area contributed by atoms with E-state index in [1.807, 2.05) is 30.0 Å². The van der Waals surface area contributed by atoms with Crippen molar-refractivity contribution in [3.63, 3.8) is 0 Å². The number of aromatic nitrogens is 2. The third kappa shape index (κ3) is 3.05. The van der Waals surface area contributed by atoms with E-state index in [4.69, 9.17) is 4.74 Å². The largest absolute Gasteiger partial charge is 0.476 e. The van der Waals surface area contributed by atoms with E-state index in [0.717, 1.165) is 24.3 Å². The van der Waals surface area contributed by atoms with Crippen LogP contribution in [0.2, 0.25) is 0 Å². The summed E-state index contributed by atoms with van der Waals surface area (Å²) in [7, 11) is 0. The average Bonchev–Trinajstić information content (AvgIpc) is 2.93. The zero-order valence-electron chi connectivity index (χ0n) is 11.4. The Labute approximate surface area is 126 Å². The van der Waals surface area contributed by atoms with Crippen LogP contribution >= 0.6 is 11.8 Å². The van der Waals surface area contributed by atoms with Gasteiger partial charge in [0.15, 0.2) is 11.4 Å². The maximum atomic E-state index is 11.6. The molecule has 110 valence electrons. The Kier molecular flexibility index (Phi) is 4.15. The minimum Gasteiger partial charge on any atom is -0.476 e. The van der Waals surface area contributed by atoms with Crippen LogP contribution in [0.3, 0.4) is 0 Å². The number of carbonyl (C=O) groups is 1. The second-order valence-corrected chi connectivity index (χ2v) is 6.04. The van der Waals surface area contributed by atoms with E-state index in [0.29, 0.717) is 11.5 Å². The number of nitrogens with zero attached hydrogens (tertiary/aromatic N) is 2. The lowest BCUT2D eigenvalue weighted by atomic mass is 10.2. The van der Waals surface area contributed by atoms with Gasteiger partial charge >= 0.3 is 5.97 Å². The Morgan fingerprint density at radius 1 is 1.38 bits per heavy atom. The normalized spacial score (nSPS) is 18.4. The summed E-state index contributed by atoms with van der Waals surface area (Å²) in [4.78, 5) is 11.6. The van der Waals surface area contributed by atoms with Crippen molar-refractivity contribution in [3.8, 4) is 11.5 Å². The van der Waals surface area contributed by atoms with Crippen molar-refractivity contribution >= 4 is 17.7 Å². The van der Waals surface area contributed by atoms with Crippen molar-refractivity contribution in [2.45, 2.75) is 18.9 Å². The third-order valence-electron chi connectivity index (χ3n) is 3.42. The smallest absolute Gasteiger partial charge is 0.358 e. The molecule has 1 aromatic carbocycles. The van der Waals surface area contributed by atoms with Crippen LogP contribution in [0.5, 0.6) is 11.5 Å². The fourth-order valence-corrected chi connectivity index (χ4v) is 3.55. The van der Waals surface area contributed by atoms with Gasteiger partial charge in [-0.2, -0.15) is 16.9 Å². The summed E-state index contributed by atoms with van der Waals surface area (Å²) in [5, 5.41) is 13.8. The summed E-state index contributed by atoms with van der Waals surface area (Å²) in [6.45, 7) is 0. The fraction of sp³-hybridized carbons (Fsp3) is 0.333. The topological polar surface area (TPSA) is 64.3 Å². The van der Waals surface area contributed by atoms with Crippen molar-refractivity contribution in [3.05, 3.63) is 42.2 Å². The molecule has 1 fully saturated rings. The maximum absolute atomic E-state index is 11.6. The molecule has 2 heterocycles. The quantitative estimate of drug-likeness (QED) is 0.937. The molecule has 1 aliphatic rings. The first-order valence-corrected chi connectivity index (χ1v) is 8.02. The first-order chi connectivity index (χ1) is 10.3. The molecule has 21 heavy (non-hydrogen) atoms. The third-order valence-corrected chi connectivity index (χ3v) is 4.62. The molecule has 3 rings (SSSR count). The standard InChI is InChI=1S/C15H16N2O3S/c18-15(19)14-13(20-12-6-2-1-3-7-12)9-16-17(14)11-5-4-8-21-10-11/h1-3,6-7,9,11H,4-5,8,10H2,(H,18,19). The van der Waals surface area contributed by atoms with Gasteiger partial charge in [-0.25, -0.2) is 4.79 Å². The molecule has 0 radical (unpaired) electrons. The second kappa shape index (κ2) is 6.22. The monoisotopic (exact) mass is 304 g/mol. The summed E-state index contributed by atoms with van der Waals surface area (Å²) >= 11 is 1.84. The highest BCUT2D eigenvalue weighted by Crippen LogP contribution is 2.32. The molecule has 1 saturated heterocycles. The number of benzene rings is 1. The molecule has 0 amide bonds. The van der Waals surface area contributed by atoms with Gasteiger partial charge in [-0.05, 0) is 30.7 Å². The SMILES string of the molecule is O=C(O)c1c(Oc2ccccc2)cnn1C1CCCSC1. The van der Waals surface area contributed by atoms with Crippen LogP contribution in [0.25, 0.3) is 0 Å².